The number of fused-ring (bicyclic) bond motifs is 2. The van der Waals surface area contributed by atoms with Gasteiger partial charge in [0.25, 0.3) is 0 Å². The summed E-state index contributed by atoms with van der Waals surface area (Å²) in [6.45, 7) is 6.94. The highest BCUT2D eigenvalue weighted by molar-refractivity contribution is 5.80. The highest BCUT2D eigenvalue weighted by Gasteiger charge is 2.51. The summed E-state index contributed by atoms with van der Waals surface area (Å²) >= 11 is 0. The molecular formula is C49H79N3O16. The zero-order valence-corrected chi connectivity index (χ0v) is 39.6. The van der Waals surface area contributed by atoms with Gasteiger partial charge in [-0.05, 0) is 33.1 Å². The Morgan fingerprint density at radius 1 is 0.706 bits per heavy atom. The van der Waals surface area contributed by atoms with Gasteiger partial charge in [0.1, 0.15) is 12.2 Å². The van der Waals surface area contributed by atoms with Gasteiger partial charge in [-0.15, -0.1) is 0 Å². The molecule has 3 rings (SSSR count). The van der Waals surface area contributed by atoms with Gasteiger partial charge in [-0.2, -0.15) is 0 Å². The van der Waals surface area contributed by atoms with Gasteiger partial charge in [0.2, 0.25) is 5.91 Å². The Bertz CT molecular complexity index is 1730. The third kappa shape index (κ3) is 19.7. The molecule has 3 aliphatic rings. The van der Waals surface area contributed by atoms with Crippen LogP contribution in [-0.2, 0) is 28.5 Å². The van der Waals surface area contributed by atoms with E-state index in [-0.39, 0.29) is 44.7 Å². The number of hydrogen-bond donors (Lipinski definition) is 13. The van der Waals surface area contributed by atoms with Gasteiger partial charge in [0, 0.05) is 50.6 Å². The third-order valence-electron chi connectivity index (χ3n) is 12.5. The standard InChI is InChI=1S/C49H79N3O16/c1-29-17-15-13-11-9-7-5-6-8-10-12-14-16-18-36(67-48-46(62)43(51)45(61)32(4)66-48)26-40-42(47(63)52-22-21-50)39(58)28-49(64,68-40)27-35(55)24-38(57)37(56)20-19-33(53)23-34(54)25-41(59)65-31(3)30(2)44(29)60/h5-18,29-40,42-46,48,53-58,60-62,64H,19-28,50-51H2,1-4H3,(H,52,63)/b6-5+,9-7+,10-8+,13-11+,14-12+,17-15+,18-16+/t29-,30-,31-,32+,33?,34?,35?,36?,37?,38?,39-,40-,42?,43-,44?,45?,46?,48-,49?/m0/s1. The van der Waals surface area contributed by atoms with Crippen molar-refractivity contribution in [3.8, 4) is 0 Å². The molecule has 0 saturated carbocycles. The van der Waals surface area contributed by atoms with Crippen LogP contribution in [0.4, 0.5) is 0 Å². The molecule has 386 valence electrons. The number of cyclic esters (lactones) is 1. The van der Waals surface area contributed by atoms with Crippen LogP contribution < -0.4 is 16.8 Å². The number of nitrogens with one attached hydrogen (secondary N) is 1. The largest absolute Gasteiger partial charge is 0.462 e. The molecular weight excluding hydrogens is 887 g/mol. The van der Waals surface area contributed by atoms with E-state index in [9.17, 15) is 60.7 Å². The van der Waals surface area contributed by atoms with Crippen LogP contribution in [0, 0.1) is 17.8 Å². The Hall–Kier alpha value is -3.48. The molecule has 3 aliphatic heterocycles. The van der Waals surface area contributed by atoms with E-state index in [1.165, 1.54) is 0 Å². The number of esters is 1. The van der Waals surface area contributed by atoms with Gasteiger partial charge < -0.3 is 86.8 Å². The molecule has 0 aromatic carbocycles. The second kappa shape index (κ2) is 29.6. The molecule has 11 unspecified atom stereocenters. The summed E-state index contributed by atoms with van der Waals surface area (Å²) in [6, 6.07) is -1.13. The molecule has 0 radical (unpaired) electrons. The molecule has 0 spiro atoms. The SMILES string of the molecule is C[C@@H]1OC(=O)CC(O)CC(O)CCC(O)C(O)CC(O)CC2(O)C[C@H](O)C(C(=O)NCCN)[C@H](CC(O[C@@H]3O[C@H](C)C(O)[C@H](N)C3O)/C=C/C=C/C=C/C=C/C=C/C=C/C=C/[C@H](C)C(O)[C@H]1C)O2. The number of aliphatic hydroxyl groups is 10. The molecule has 2 fully saturated rings. The number of amides is 1. The lowest BCUT2D eigenvalue weighted by Gasteiger charge is -2.46. The van der Waals surface area contributed by atoms with Gasteiger partial charge in [0.05, 0.1) is 85.5 Å². The van der Waals surface area contributed by atoms with Gasteiger partial charge in [-0.1, -0.05) is 98.9 Å². The van der Waals surface area contributed by atoms with E-state index < -0.39 is 147 Å². The molecule has 0 aromatic heterocycles. The number of nitrogens with two attached hydrogens (primary N) is 2. The summed E-state index contributed by atoms with van der Waals surface area (Å²) in [5.74, 6) is -5.65. The predicted octanol–water partition coefficient (Wildman–Crippen LogP) is -0.298. The van der Waals surface area contributed by atoms with Crippen molar-refractivity contribution in [1.29, 1.82) is 0 Å². The van der Waals surface area contributed by atoms with Crippen molar-refractivity contribution in [1.82, 2.24) is 5.32 Å². The molecule has 68 heavy (non-hydrogen) atoms. The second-order valence-electron chi connectivity index (χ2n) is 18.3. The van der Waals surface area contributed by atoms with Crippen molar-refractivity contribution < 1.29 is 79.6 Å². The fraction of sp³-hybridized carbons (Fsp3) is 0.673. The Balaban J connectivity index is 1.91. The van der Waals surface area contributed by atoms with Crippen molar-refractivity contribution in [2.45, 2.75) is 177 Å². The zero-order chi connectivity index (χ0) is 50.6. The smallest absolute Gasteiger partial charge is 0.308 e. The van der Waals surface area contributed by atoms with E-state index in [0.717, 1.165) is 0 Å². The first-order chi connectivity index (χ1) is 32.2. The first kappa shape index (κ1) is 58.8. The van der Waals surface area contributed by atoms with E-state index in [0.29, 0.717) is 0 Å². The maximum Gasteiger partial charge on any atom is 0.308 e. The van der Waals surface area contributed by atoms with E-state index in [1.54, 1.807) is 75.5 Å². The minimum absolute atomic E-state index is 0.0628. The number of rotatable bonds is 5. The normalized spacial score (nSPS) is 44.0. The summed E-state index contributed by atoms with van der Waals surface area (Å²) in [5.41, 5.74) is 11.7. The maximum atomic E-state index is 13.5. The highest BCUT2D eigenvalue weighted by Crippen LogP contribution is 2.38. The van der Waals surface area contributed by atoms with Crippen molar-refractivity contribution in [2.24, 2.45) is 29.2 Å². The highest BCUT2D eigenvalue weighted by atomic mass is 16.7. The van der Waals surface area contributed by atoms with Crippen molar-refractivity contribution in [3.63, 3.8) is 0 Å². The molecule has 15 N–H and O–H groups in total. The van der Waals surface area contributed by atoms with E-state index in [1.807, 2.05) is 37.3 Å². The Labute approximate surface area is 399 Å². The van der Waals surface area contributed by atoms with Crippen LogP contribution in [0.25, 0.3) is 0 Å². The average molecular weight is 966 g/mol. The lowest BCUT2D eigenvalue weighted by atomic mass is 9.82. The molecule has 1 amide bonds. The number of allylic oxidation sites excluding steroid dienone is 12. The topological polar surface area (TPSA) is 337 Å². The predicted molar refractivity (Wildman–Crippen MR) is 251 cm³/mol. The van der Waals surface area contributed by atoms with Crippen LogP contribution >= 0.6 is 0 Å². The van der Waals surface area contributed by atoms with Crippen LogP contribution in [0.15, 0.2) is 85.1 Å². The molecule has 2 saturated heterocycles. The Morgan fingerprint density at radius 3 is 1.90 bits per heavy atom. The van der Waals surface area contributed by atoms with Gasteiger partial charge in [-0.25, -0.2) is 0 Å². The van der Waals surface area contributed by atoms with Crippen LogP contribution in [0.1, 0.15) is 79.1 Å². The first-order valence-electron chi connectivity index (χ1n) is 23.6. The number of aliphatic hydroxyl groups excluding tert-OH is 9. The van der Waals surface area contributed by atoms with Crippen molar-refractivity contribution in [3.05, 3.63) is 85.1 Å². The van der Waals surface area contributed by atoms with Gasteiger partial charge >= 0.3 is 5.97 Å². The lowest BCUT2D eigenvalue weighted by molar-refractivity contribution is -0.307. The van der Waals surface area contributed by atoms with Gasteiger partial charge in [-0.3, -0.25) is 9.59 Å². The summed E-state index contributed by atoms with van der Waals surface area (Å²) in [6.07, 6.45) is 4.61. The summed E-state index contributed by atoms with van der Waals surface area (Å²) in [7, 11) is 0. The summed E-state index contributed by atoms with van der Waals surface area (Å²) in [5, 5.41) is 112. The van der Waals surface area contributed by atoms with Crippen LogP contribution in [0.3, 0.4) is 0 Å². The quantitative estimate of drug-likeness (QED) is 0.157. The van der Waals surface area contributed by atoms with E-state index in [2.05, 4.69) is 5.32 Å². The molecule has 19 nitrogen and oxygen atoms in total. The Morgan fingerprint density at radius 2 is 1.29 bits per heavy atom. The third-order valence-corrected chi connectivity index (χ3v) is 12.5. The second-order valence-corrected chi connectivity index (χ2v) is 18.3. The average Bonchev–Trinajstić information content (AvgIpc) is 3.26. The van der Waals surface area contributed by atoms with E-state index in [4.69, 9.17) is 30.4 Å². The molecule has 3 heterocycles. The number of carbonyl (C=O) groups is 2. The molecule has 19 heteroatoms. The van der Waals surface area contributed by atoms with Crippen LogP contribution in [-0.4, -0.2) is 174 Å². The van der Waals surface area contributed by atoms with Crippen LogP contribution in [0.5, 0.6) is 0 Å². The Kier molecular flexibility index (Phi) is 25.6. The summed E-state index contributed by atoms with van der Waals surface area (Å²) in [4.78, 5) is 26.2. The molecule has 0 aromatic rings. The fourth-order valence-corrected chi connectivity index (χ4v) is 8.30. The van der Waals surface area contributed by atoms with Crippen LogP contribution in [0.2, 0.25) is 0 Å². The number of ether oxygens (including phenoxy) is 4. The summed E-state index contributed by atoms with van der Waals surface area (Å²) < 4.78 is 23.6. The monoisotopic (exact) mass is 966 g/mol. The van der Waals surface area contributed by atoms with E-state index >= 15 is 0 Å². The molecule has 19 atom stereocenters. The van der Waals surface area contributed by atoms with Gasteiger partial charge in [0.15, 0.2) is 12.1 Å². The maximum absolute atomic E-state index is 13.5. The first-order valence-corrected chi connectivity index (χ1v) is 23.6. The lowest BCUT2D eigenvalue weighted by Crippen LogP contribution is -2.62. The molecule has 0 aliphatic carbocycles. The van der Waals surface area contributed by atoms with Crippen molar-refractivity contribution in [2.75, 3.05) is 13.1 Å². The minimum atomic E-state index is -2.27. The fourth-order valence-electron chi connectivity index (χ4n) is 8.30. The minimum Gasteiger partial charge on any atom is -0.462 e. The molecule has 2 bridgehead atoms. The van der Waals surface area contributed by atoms with Crippen molar-refractivity contribution >= 4 is 11.9 Å². The number of hydrogen-bond acceptors (Lipinski definition) is 18. The zero-order valence-electron chi connectivity index (χ0n) is 39.6. The number of carbonyl (C=O) groups excluding carboxylic acids is 2.